The minimum absolute atomic E-state index is 0.146. The summed E-state index contributed by atoms with van der Waals surface area (Å²) in [6, 6.07) is 12.9. The highest BCUT2D eigenvalue weighted by atomic mass is 127. The van der Waals surface area contributed by atoms with Crippen LogP contribution in [0.25, 0.3) is 0 Å². The largest absolute Gasteiger partial charge is 0.493 e. The zero-order valence-corrected chi connectivity index (χ0v) is 14.9. The van der Waals surface area contributed by atoms with Gasteiger partial charge in [-0.2, -0.15) is 0 Å². The summed E-state index contributed by atoms with van der Waals surface area (Å²) in [6.45, 7) is 0.779. The number of halogens is 2. The van der Waals surface area contributed by atoms with Gasteiger partial charge in [-0.15, -0.1) is 0 Å². The molecule has 20 heavy (non-hydrogen) atoms. The summed E-state index contributed by atoms with van der Waals surface area (Å²) >= 11 is 6.01. The van der Waals surface area contributed by atoms with Crippen LogP contribution >= 0.6 is 38.5 Å². The maximum absolute atomic E-state index is 5.87. The normalized spacial score (nSPS) is 14.8. The van der Waals surface area contributed by atoms with Crippen molar-refractivity contribution < 1.29 is 4.74 Å². The average Bonchev–Trinajstić information content (AvgIpc) is 2.89. The summed E-state index contributed by atoms with van der Waals surface area (Å²) in [6.07, 6.45) is 0.990. The fourth-order valence-corrected chi connectivity index (χ4v) is 3.92. The molecule has 2 aromatic carbocycles. The van der Waals surface area contributed by atoms with Crippen molar-refractivity contribution in [3.8, 4) is 5.75 Å². The Kier molecular flexibility index (Phi) is 4.33. The van der Waals surface area contributed by atoms with Crippen molar-refractivity contribution in [2.45, 2.75) is 12.5 Å². The van der Waals surface area contributed by atoms with Gasteiger partial charge in [0.25, 0.3) is 0 Å². The summed E-state index contributed by atoms with van der Waals surface area (Å²) in [5.41, 5.74) is 3.78. The van der Waals surface area contributed by atoms with Crippen molar-refractivity contribution in [2.75, 3.05) is 13.7 Å². The molecule has 3 rings (SSSR count). The van der Waals surface area contributed by atoms with Crippen LogP contribution in [-0.2, 0) is 6.42 Å². The molecular formula is C16H15BrINO. The van der Waals surface area contributed by atoms with E-state index >= 15 is 0 Å². The predicted molar refractivity (Wildman–Crippen MR) is 93.4 cm³/mol. The summed E-state index contributed by atoms with van der Waals surface area (Å²) in [7, 11) is 2.00. The lowest BCUT2D eigenvalue weighted by atomic mass is 9.96. The van der Waals surface area contributed by atoms with Crippen LogP contribution in [0.5, 0.6) is 5.75 Å². The molecule has 0 fully saturated rings. The molecular weight excluding hydrogens is 429 g/mol. The van der Waals surface area contributed by atoms with Crippen LogP contribution in [0.4, 0.5) is 0 Å². The van der Waals surface area contributed by atoms with Crippen LogP contribution in [0, 0.1) is 3.57 Å². The maximum atomic E-state index is 5.87. The molecule has 0 amide bonds. The number of ether oxygens (including phenoxy) is 1. The van der Waals surface area contributed by atoms with Gasteiger partial charge in [-0.3, -0.25) is 0 Å². The lowest BCUT2D eigenvalue weighted by molar-refractivity contribution is 0.351. The molecule has 2 aromatic rings. The maximum Gasteiger partial charge on any atom is 0.127 e. The van der Waals surface area contributed by atoms with Crippen molar-refractivity contribution in [1.82, 2.24) is 5.32 Å². The summed E-state index contributed by atoms with van der Waals surface area (Å²) in [5.74, 6) is 1.05. The van der Waals surface area contributed by atoms with E-state index in [9.17, 15) is 0 Å². The molecule has 2 nitrogen and oxygen atoms in total. The number of rotatable bonds is 3. The summed E-state index contributed by atoms with van der Waals surface area (Å²) in [5, 5.41) is 3.43. The van der Waals surface area contributed by atoms with E-state index in [0.717, 1.165) is 23.2 Å². The van der Waals surface area contributed by atoms with E-state index in [-0.39, 0.29) is 6.04 Å². The molecule has 1 N–H and O–H groups in total. The third kappa shape index (κ3) is 2.61. The van der Waals surface area contributed by atoms with Crippen molar-refractivity contribution in [3.63, 3.8) is 0 Å². The Balaban J connectivity index is 2.13. The van der Waals surface area contributed by atoms with Gasteiger partial charge in [0.05, 0.1) is 12.6 Å². The molecule has 1 heterocycles. The lowest BCUT2D eigenvalue weighted by Crippen LogP contribution is -2.19. The van der Waals surface area contributed by atoms with E-state index in [0.29, 0.717) is 0 Å². The first-order chi connectivity index (χ1) is 9.70. The Bertz CT molecular complexity index is 644. The van der Waals surface area contributed by atoms with Crippen molar-refractivity contribution in [2.24, 2.45) is 0 Å². The fourth-order valence-electron chi connectivity index (χ4n) is 2.70. The Morgan fingerprint density at radius 2 is 2.05 bits per heavy atom. The molecule has 1 atom stereocenters. The topological polar surface area (TPSA) is 21.3 Å². The third-order valence-electron chi connectivity index (χ3n) is 3.59. The van der Waals surface area contributed by atoms with Gasteiger partial charge in [0.2, 0.25) is 0 Å². The van der Waals surface area contributed by atoms with E-state index in [1.165, 1.54) is 20.3 Å². The van der Waals surface area contributed by atoms with Crippen LogP contribution < -0.4 is 10.1 Å². The molecule has 1 unspecified atom stereocenters. The standard InChI is InChI=1S/C16H15BrINO/c1-19-15(12-4-2-3-5-14(12)18)13-9-11(17)8-10-6-7-20-16(10)13/h2-5,8-9,15,19H,6-7H2,1H3. The molecule has 0 spiro atoms. The summed E-state index contributed by atoms with van der Waals surface area (Å²) in [4.78, 5) is 0. The molecule has 104 valence electrons. The molecule has 0 radical (unpaired) electrons. The molecule has 1 aliphatic rings. The molecule has 0 bridgehead atoms. The van der Waals surface area contributed by atoms with Crippen LogP contribution in [0.3, 0.4) is 0 Å². The average molecular weight is 444 g/mol. The minimum atomic E-state index is 0.146. The Morgan fingerprint density at radius 1 is 1.25 bits per heavy atom. The molecule has 0 aliphatic carbocycles. The van der Waals surface area contributed by atoms with Gasteiger partial charge in [0.15, 0.2) is 0 Å². The predicted octanol–water partition coefficient (Wildman–Crippen LogP) is 4.30. The smallest absolute Gasteiger partial charge is 0.127 e. The van der Waals surface area contributed by atoms with Crippen LogP contribution in [-0.4, -0.2) is 13.7 Å². The molecule has 1 aliphatic heterocycles. The first-order valence-electron chi connectivity index (χ1n) is 6.57. The van der Waals surface area contributed by atoms with Crippen molar-refractivity contribution >= 4 is 38.5 Å². The zero-order chi connectivity index (χ0) is 14.1. The van der Waals surface area contributed by atoms with E-state index in [4.69, 9.17) is 4.74 Å². The number of benzene rings is 2. The molecule has 0 saturated heterocycles. The van der Waals surface area contributed by atoms with Gasteiger partial charge in [0, 0.05) is 20.0 Å². The molecule has 0 saturated carbocycles. The SMILES string of the molecule is CNC(c1ccccc1I)c1cc(Br)cc2c1OCC2. The molecule has 4 heteroatoms. The first kappa shape index (κ1) is 14.4. The van der Waals surface area contributed by atoms with Gasteiger partial charge in [-0.1, -0.05) is 34.1 Å². The molecule has 0 aromatic heterocycles. The van der Waals surface area contributed by atoms with Crippen LogP contribution in [0.2, 0.25) is 0 Å². The van der Waals surface area contributed by atoms with Crippen molar-refractivity contribution in [3.05, 3.63) is 61.1 Å². The van der Waals surface area contributed by atoms with Crippen LogP contribution in [0.15, 0.2) is 40.9 Å². The van der Waals surface area contributed by atoms with Gasteiger partial charge >= 0.3 is 0 Å². The highest BCUT2D eigenvalue weighted by Crippen LogP contribution is 2.39. The number of fused-ring (bicyclic) bond motifs is 1. The Labute approximate surface area is 141 Å². The zero-order valence-electron chi connectivity index (χ0n) is 11.1. The lowest BCUT2D eigenvalue weighted by Gasteiger charge is -2.21. The monoisotopic (exact) mass is 443 g/mol. The fraction of sp³-hybridized carbons (Fsp3) is 0.250. The Hall–Kier alpha value is -0.590. The van der Waals surface area contributed by atoms with Gasteiger partial charge in [-0.25, -0.2) is 0 Å². The first-order valence-corrected chi connectivity index (χ1v) is 8.44. The highest BCUT2D eigenvalue weighted by molar-refractivity contribution is 14.1. The van der Waals surface area contributed by atoms with E-state index in [2.05, 4.69) is 80.2 Å². The highest BCUT2D eigenvalue weighted by Gasteiger charge is 2.24. The van der Waals surface area contributed by atoms with E-state index in [1.807, 2.05) is 7.05 Å². The van der Waals surface area contributed by atoms with E-state index in [1.54, 1.807) is 0 Å². The van der Waals surface area contributed by atoms with Gasteiger partial charge < -0.3 is 10.1 Å². The Morgan fingerprint density at radius 3 is 2.80 bits per heavy atom. The number of nitrogens with one attached hydrogen (secondary N) is 1. The second-order valence-electron chi connectivity index (χ2n) is 4.82. The minimum Gasteiger partial charge on any atom is -0.493 e. The van der Waals surface area contributed by atoms with Crippen LogP contribution in [0.1, 0.15) is 22.7 Å². The second-order valence-corrected chi connectivity index (χ2v) is 6.90. The van der Waals surface area contributed by atoms with E-state index < -0.39 is 0 Å². The third-order valence-corrected chi connectivity index (χ3v) is 5.03. The second kappa shape index (κ2) is 6.03. The van der Waals surface area contributed by atoms with Crippen molar-refractivity contribution in [1.29, 1.82) is 0 Å². The van der Waals surface area contributed by atoms with Gasteiger partial charge in [0.1, 0.15) is 5.75 Å². The summed E-state index contributed by atoms with van der Waals surface area (Å²) < 4.78 is 8.24. The van der Waals surface area contributed by atoms with Gasteiger partial charge in [-0.05, 0) is 59.0 Å². The number of hydrogen-bond acceptors (Lipinski definition) is 2. The number of hydrogen-bond donors (Lipinski definition) is 1. The quantitative estimate of drug-likeness (QED) is 0.714.